The van der Waals surface area contributed by atoms with Crippen LogP contribution < -0.4 is 9.64 Å². The molecule has 1 aliphatic rings. The summed E-state index contributed by atoms with van der Waals surface area (Å²) < 4.78 is 82.9. The van der Waals surface area contributed by atoms with Crippen LogP contribution in [-0.4, -0.2) is 71.9 Å². The third-order valence-electron chi connectivity index (χ3n) is 5.60. The van der Waals surface area contributed by atoms with Crippen molar-refractivity contribution in [2.75, 3.05) is 43.1 Å². The Balaban J connectivity index is 1.83. The number of hydrogen-bond acceptors (Lipinski definition) is 7. The number of halogens is 2. The topological polar surface area (TPSA) is 101 Å². The Hall–Kier alpha value is -2.73. The number of benzene rings is 2. The maximum absolute atomic E-state index is 14.7. The number of piperazine rings is 1. The Kier molecular flexibility index (Phi) is 7.75. The van der Waals surface area contributed by atoms with Crippen LogP contribution in [0.15, 0.2) is 40.1 Å². The molecular formula is C23H28F2N2O6S2. The molecule has 1 amide bonds. The van der Waals surface area contributed by atoms with Crippen molar-refractivity contribution in [3.8, 4) is 5.75 Å². The van der Waals surface area contributed by atoms with Gasteiger partial charge in [0.15, 0.2) is 19.7 Å². The first kappa shape index (κ1) is 26.9. The van der Waals surface area contributed by atoms with Crippen molar-refractivity contribution in [1.82, 2.24) is 4.90 Å². The summed E-state index contributed by atoms with van der Waals surface area (Å²) >= 11 is 0. The smallest absolute Gasteiger partial charge is 0.257 e. The van der Waals surface area contributed by atoms with E-state index in [0.717, 1.165) is 12.3 Å². The summed E-state index contributed by atoms with van der Waals surface area (Å²) in [4.78, 5) is 15.6. The van der Waals surface area contributed by atoms with Crippen LogP contribution in [0.25, 0.3) is 0 Å². The number of anilines is 1. The molecule has 3 rings (SSSR count). The Morgan fingerprint density at radius 3 is 2.17 bits per heavy atom. The van der Waals surface area contributed by atoms with Crippen LogP contribution in [0.5, 0.6) is 5.75 Å². The maximum atomic E-state index is 14.7. The molecule has 0 spiro atoms. The summed E-state index contributed by atoms with van der Waals surface area (Å²) in [6.07, 6.45) is 0.795. The molecule has 1 fully saturated rings. The van der Waals surface area contributed by atoms with Gasteiger partial charge in [-0.3, -0.25) is 4.79 Å². The number of nitrogens with zero attached hydrogens (tertiary/aromatic N) is 2. The van der Waals surface area contributed by atoms with Crippen LogP contribution in [0.2, 0.25) is 0 Å². The number of rotatable bonds is 7. The summed E-state index contributed by atoms with van der Waals surface area (Å²) in [5.74, 6) is -2.45. The Bertz CT molecular complexity index is 1340. The van der Waals surface area contributed by atoms with Gasteiger partial charge < -0.3 is 14.5 Å². The molecule has 192 valence electrons. The lowest BCUT2D eigenvalue weighted by Gasteiger charge is -2.36. The first-order chi connectivity index (χ1) is 16.2. The largest absolute Gasteiger partial charge is 0.490 e. The number of hydrogen-bond donors (Lipinski definition) is 0. The molecule has 1 aliphatic heterocycles. The SMILES string of the molecule is CCS(=O)(=O)c1cc(F)c(N2CCN(C(=O)c3cc(S(C)(=O)=O)ccc3OC(C)C)CC2)cc1F. The lowest BCUT2D eigenvalue weighted by molar-refractivity contribution is 0.0740. The first-order valence-corrected chi connectivity index (χ1v) is 14.6. The van der Waals surface area contributed by atoms with E-state index in [0.29, 0.717) is 6.07 Å². The molecule has 35 heavy (non-hydrogen) atoms. The first-order valence-electron chi connectivity index (χ1n) is 11.0. The molecule has 2 aromatic rings. The Morgan fingerprint density at radius 1 is 1.00 bits per heavy atom. The van der Waals surface area contributed by atoms with E-state index in [2.05, 4.69) is 0 Å². The van der Waals surface area contributed by atoms with Gasteiger partial charge in [0, 0.05) is 38.5 Å². The summed E-state index contributed by atoms with van der Waals surface area (Å²) in [6.45, 7) is 5.53. The lowest BCUT2D eigenvalue weighted by atomic mass is 10.1. The second-order valence-electron chi connectivity index (χ2n) is 8.51. The highest BCUT2D eigenvalue weighted by molar-refractivity contribution is 7.91. The molecule has 0 aliphatic carbocycles. The summed E-state index contributed by atoms with van der Waals surface area (Å²) in [6, 6.07) is 5.65. The normalized spacial score (nSPS) is 14.9. The Labute approximate surface area is 204 Å². The van der Waals surface area contributed by atoms with Gasteiger partial charge >= 0.3 is 0 Å². The third kappa shape index (κ3) is 5.92. The van der Waals surface area contributed by atoms with E-state index in [4.69, 9.17) is 4.74 Å². The average Bonchev–Trinajstić information content (AvgIpc) is 2.79. The minimum absolute atomic E-state index is 0.0183. The molecule has 0 saturated carbocycles. The average molecular weight is 531 g/mol. The maximum Gasteiger partial charge on any atom is 0.257 e. The number of carbonyl (C=O) groups excluding carboxylic acids is 1. The van der Waals surface area contributed by atoms with Gasteiger partial charge in [0.2, 0.25) is 0 Å². The van der Waals surface area contributed by atoms with E-state index in [-0.39, 0.29) is 59.9 Å². The van der Waals surface area contributed by atoms with E-state index < -0.39 is 42.1 Å². The third-order valence-corrected chi connectivity index (χ3v) is 8.45. The zero-order valence-corrected chi connectivity index (χ0v) is 21.5. The molecule has 0 N–H and O–H groups in total. The van der Waals surface area contributed by atoms with Crippen LogP contribution in [0.4, 0.5) is 14.5 Å². The van der Waals surface area contributed by atoms with Gasteiger partial charge in [0.25, 0.3) is 5.91 Å². The zero-order valence-electron chi connectivity index (χ0n) is 19.9. The van der Waals surface area contributed by atoms with Crippen molar-refractivity contribution >= 4 is 31.3 Å². The van der Waals surface area contributed by atoms with Gasteiger partial charge in [-0.15, -0.1) is 0 Å². The van der Waals surface area contributed by atoms with E-state index >= 15 is 0 Å². The van der Waals surface area contributed by atoms with E-state index in [1.165, 1.54) is 34.9 Å². The second kappa shape index (κ2) is 10.1. The van der Waals surface area contributed by atoms with Crippen molar-refractivity contribution in [3.63, 3.8) is 0 Å². The molecule has 0 radical (unpaired) electrons. The summed E-state index contributed by atoms with van der Waals surface area (Å²) in [7, 11) is -7.48. The predicted octanol–water partition coefficient (Wildman–Crippen LogP) is 2.91. The van der Waals surface area contributed by atoms with Gasteiger partial charge in [-0.1, -0.05) is 6.92 Å². The fourth-order valence-electron chi connectivity index (χ4n) is 3.74. The van der Waals surface area contributed by atoms with Gasteiger partial charge in [0.1, 0.15) is 22.3 Å². The highest BCUT2D eigenvalue weighted by atomic mass is 32.2. The summed E-state index contributed by atoms with van der Waals surface area (Å²) in [5.41, 5.74) is 0.00832. The van der Waals surface area contributed by atoms with Crippen molar-refractivity contribution < 1.29 is 35.1 Å². The molecular weight excluding hydrogens is 502 g/mol. The van der Waals surface area contributed by atoms with Crippen LogP contribution in [0.3, 0.4) is 0 Å². The quantitative estimate of drug-likeness (QED) is 0.543. The molecule has 8 nitrogen and oxygen atoms in total. The fourth-order valence-corrected chi connectivity index (χ4v) is 5.34. The molecule has 0 atom stereocenters. The van der Waals surface area contributed by atoms with E-state index in [1.807, 2.05) is 0 Å². The number of amides is 1. The van der Waals surface area contributed by atoms with Crippen LogP contribution in [0, 0.1) is 11.6 Å². The van der Waals surface area contributed by atoms with Gasteiger partial charge in [-0.2, -0.15) is 0 Å². The molecule has 0 bridgehead atoms. The monoisotopic (exact) mass is 530 g/mol. The lowest BCUT2D eigenvalue weighted by Crippen LogP contribution is -2.49. The number of carbonyl (C=O) groups is 1. The molecule has 0 aromatic heterocycles. The zero-order chi connectivity index (χ0) is 26.1. The second-order valence-corrected chi connectivity index (χ2v) is 12.8. The minimum Gasteiger partial charge on any atom is -0.490 e. The molecule has 0 unspecified atom stereocenters. The Morgan fingerprint density at radius 2 is 1.63 bits per heavy atom. The van der Waals surface area contributed by atoms with Gasteiger partial charge in [-0.05, 0) is 38.1 Å². The standard InChI is InChI=1S/C23H28F2N2O6S2/c1-5-35(31,32)22-14-18(24)20(13-19(22)25)26-8-10-27(11-9-26)23(28)17-12-16(34(4,29)30)6-7-21(17)33-15(2)3/h6-7,12-15H,5,8-11H2,1-4H3. The van der Waals surface area contributed by atoms with E-state index in [1.54, 1.807) is 13.8 Å². The molecule has 1 heterocycles. The van der Waals surface area contributed by atoms with Crippen LogP contribution >= 0.6 is 0 Å². The number of ether oxygens (including phenoxy) is 1. The van der Waals surface area contributed by atoms with Crippen molar-refractivity contribution in [1.29, 1.82) is 0 Å². The van der Waals surface area contributed by atoms with Crippen molar-refractivity contribution in [2.24, 2.45) is 0 Å². The fraction of sp³-hybridized carbons (Fsp3) is 0.435. The van der Waals surface area contributed by atoms with Gasteiger partial charge in [-0.25, -0.2) is 25.6 Å². The predicted molar refractivity (Wildman–Crippen MR) is 128 cm³/mol. The highest BCUT2D eigenvalue weighted by Gasteiger charge is 2.28. The summed E-state index contributed by atoms with van der Waals surface area (Å²) in [5, 5.41) is 0. The molecule has 12 heteroatoms. The van der Waals surface area contributed by atoms with E-state index in [9.17, 15) is 30.4 Å². The number of sulfone groups is 2. The highest BCUT2D eigenvalue weighted by Crippen LogP contribution is 2.29. The minimum atomic E-state index is -3.92. The van der Waals surface area contributed by atoms with Crippen molar-refractivity contribution in [3.05, 3.63) is 47.5 Å². The van der Waals surface area contributed by atoms with Crippen molar-refractivity contribution in [2.45, 2.75) is 36.7 Å². The molecule has 2 aromatic carbocycles. The van der Waals surface area contributed by atoms with Crippen LogP contribution in [0.1, 0.15) is 31.1 Å². The van der Waals surface area contributed by atoms with Crippen LogP contribution in [-0.2, 0) is 19.7 Å². The molecule has 1 saturated heterocycles. The van der Waals surface area contributed by atoms with Gasteiger partial charge in [0.05, 0.1) is 28.0 Å².